The summed E-state index contributed by atoms with van der Waals surface area (Å²) in [5.74, 6) is 0.998. The van der Waals surface area contributed by atoms with Crippen LogP contribution in [0.5, 0.6) is 5.75 Å². The number of rotatable bonds is 4. The Morgan fingerprint density at radius 1 is 1.47 bits per heavy atom. The van der Waals surface area contributed by atoms with Crippen molar-refractivity contribution in [1.29, 1.82) is 0 Å². The topological polar surface area (TPSA) is 41.6 Å². The van der Waals surface area contributed by atoms with E-state index in [9.17, 15) is 4.79 Å². The molecule has 92 valence electrons. The van der Waals surface area contributed by atoms with Gasteiger partial charge in [0.1, 0.15) is 12.4 Å². The number of aryl methyl sites for hydroxylation is 1. The smallest absolute Gasteiger partial charge is 0.234 e. The van der Waals surface area contributed by atoms with Gasteiger partial charge in [0.2, 0.25) is 5.91 Å². The molecule has 17 heavy (non-hydrogen) atoms. The van der Waals surface area contributed by atoms with Crippen molar-refractivity contribution in [1.82, 2.24) is 10.2 Å². The number of piperazine rings is 1. The minimum Gasteiger partial charge on any atom is -0.492 e. The normalized spacial score (nSPS) is 16.6. The maximum atomic E-state index is 11.2. The van der Waals surface area contributed by atoms with Gasteiger partial charge < -0.3 is 10.1 Å². The second-order valence-corrected chi connectivity index (χ2v) is 4.29. The van der Waals surface area contributed by atoms with Gasteiger partial charge in [-0.05, 0) is 24.6 Å². The Bertz CT molecular complexity index is 393. The minimum atomic E-state index is 0.104. The molecule has 0 aliphatic carbocycles. The number of hydrogen-bond donors (Lipinski definition) is 1. The van der Waals surface area contributed by atoms with Crippen LogP contribution in [0.4, 0.5) is 0 Å². The summed E-state index contributed by atoms with van der Waals surface area (Å²) in [6.07, 6.45) is 0. The van der Waals surface area contributed by atoms with E-state index in [-0.39, 0.29) is 5.91 Å². The monoisotopic (exact) mass is 234 g/mol. The van der Waals surface area contributed by atoms with Crippen molar-refractivity contribution >= 4 is 5.91 Å². The number of carbonyl (C=O) groups excluding carboxylic acids is 1. The fourth-order valence-corrected chi connectivity index (χ4v) is 1.88. The molecule has 1 aromatic carbocycles. The highest BCUT2D eigenvalue weighted by molar-refractivity contribution is 5.78. The van der Waals surface area contributed by atoms with Crippen molar-refractivity contribution in [2.24, 2.45) is 0 Å². The van der Waals surface area contributed by atoms with Crippen LogP contribution in [0.2, 0.25) is 0 Å². The summed E-state index contributed by atoms with van der Waals surface area (Å²) in [5, 5.41) is 2.81. The molecule has 1 amide bonds. The Morgan fingerprint density at radius 2 is 2.35 bits per heavy atom. The molecule has 2 rings (SSSR count). The van der Waals surface area contributed by atoms with Crippen LogP contribution in [0, 0.1) is 6.92 Å². The number of ether oxygens (including phenoxy) is 1. The standard InChI is InChI=1S/C13H18N2O2/c1-11-3-2-4-12(9-11)17-8-7-15-6-5-14-13(16)10-15/h2-4,9H,5-8,10H2,1H3,(H,14,16). The molecule has 0 aromatic heterocycles. The van der Waals surface area contributed by atoms with Crippen LogP contribution in [0.1, 0.15) is 5.56 Å². The summed E-state index contributed by atoms with van der Waals surface area (Å²) >= 11 is 0. The van der Waals surface area contributed by atoms with Crippen LogP contribution in [0.3, 0.4) is 0 Å². The summed E-state index contributed by atoms with van der Waals surface area (Å²) in [5.41, 5.74) is 1.19. The molecule has 1 fully saturated rings. The lowest BCUT2D eigenvalue weighted by Crippen LogP contribution is -2.48. The molecule has 0 radical (unpaired) electrons. The summed E-state index contributed by atoms with van der Waals surface area (Å²) < 4.78 is 5.65. The predicted molar refractivity (Wildman–Crippen MR) is 66.1 cm³/mol. The summed E-state index contributed by atoms with van der Waals surface area (Å²) in [6, 6.07) is 8.00. The first-order valence-corrected chi connectivity index (χ1v) is 5.92. The van der Waals surface area contributed by atoms with Crippen molar-refractivity contribution in [2.75, 3.05) is 32.8 Å². The minimum absolute atomic E-state index is 0.104. The van der Waals surface area contributed by atoms with Crippen LogP contribution in [-0.4, -0.2) is 43.6 Å². The first-order valence-electron chi connectivity index (χ1n) is 5.92. The van der Waals surface area contributed by atoms with E-state index in [1.165, 1.54) is 5.56 Å². The lowest BCUT2D eigenvalue weighted by Gasteiger charge is -2.26. The van der Waals surface area contributed by atoms with Gasteiger partial charge in [0, 0.05) is 19.6 Å². The Balaban J connectivity index is 1.74. The fraction of sp³-hybridized carbons (Fsp3) is 0.462. The van der Waals surface area contributed by atoms with E-state index in [0.29, 0.717) is 13.2 Å². The zero-order valence-corrected chi connectivity index (χ0v) is 10.1. The van der Waals surface area contributed by atoms with Gasteiger partial charge in [-0.2, -0.15) is 0 Å². The molecule has 1 N–H and O–H groups in total. The van der Waals surface area contributed by atoms with Gasteiger partial charge in [-0.3, -0.25) is 9.69 Å². The van der Waals surface area contributed by atoms with Crippen LogP contribution in [0.25, 0.3) is 0 Å². The van der Waals surface area contributed by atoms with Gasteiger partial charge in [-0.25, -0.2) is 0 Å². The van der Waals surface area contributed by atoms with Gasteiger partial charge >= 0.3 is 0 Å². The van der Waals surface area contributed by atoms with E-state index >= 15 is 0 Å². The van der Waals surface area contributed by atoms with Crippen molar-refractivity contribution in [3.8, 4) is 5.75 Å². The molecular formula is C13H18N2O2. The SMILES string of the molecule is Cc1cccc(OCCN2CCNC(=O)C2)c1. The molecule has 4 heteroatoms. The number of nitrogens with zero attached hydrogens (tertiary/aromatic N) is 1. The van der Waals surface area contributed by atoms with Crippen LogP contribution < -0.4 is 10.1 Å². The first-order chi connectivity index (χ1) is 8.24. The second-order valence-electron chi connectivity index (χ2n) is 4.29. The van der Waals surface area contributed by atoms with E-state index in [1.807, 2.05) is 31.2 Å². The molecule has 1 aliphatic heterocycles. The molecule has 4 nitrogen and oxygen atoms in total. The predicted octanol–water partition coefficient (Wildman–Crippen LogP) is 0.806. The highest BCUT2D eigenvalue weighted by Gasteiger charge is 2.15. The molecule has 0 bridgehead atoms. The number of carbonyl (C=O) groups is 1. The van der Waals surface area contributed by atoms with Crippen molar-refractivity contribution in [2.45, 2.75) is 6.92 Å². The van der Waals surface area contributed by atoms with Gasteiger partial charge in [0.05, 0.1) is 6.54 Å². The number of amides is 1. The van der Waals surface area contributed by atoms with E-state index in [4.69, 9.17) is 4.74 Å². The third kappa shape index (κ3) is 3.75. The summed E-state index contributed by atoms with van der Waals surface area (Å²) in [6.45, 7) is 5.59. The Labute approximate surface area is 102 Å². The Kier molecular flexibility index (Phi) is 3.98. The molecule has 0 spiro atoms. The average molecular weight is 234 g/mol. The van der Waals surface area contributed by atoms with Gasteiger partial charge in [0.15, 0.2) is 0 Å². The molecule has 1 aliphatic rings. The highest BCUT2D eigenvalue weighted by atomic mass is 16.5. The fourth-order valence-electron chi connectivity index (χ4n) is 1.88. The highest BCUT2D eigenvalue weighted by Crippen LogP contribution is 2.12. The van der Waals surface area contributed by atoms with Crippen LogP contribution >= 0.6 is 0 Å². The third-order valence-corrected chi connectivity index (χ3v) is 2.78. The maximum absolute atomic E-state index is 11.2. The van der Waals surface area contributed by atoms with E-state index in [1.54, 1.807) is 0 Å². The molecule has 0 atom stereocenters. The largest absolute Gasteiger partial charge is 0.492 e. The third-order valence-electron chi connectivity index (χ3n) is 2.78. The Hall–Kier alpha value is -1.55. The summed E-state index contributed by atoms with van der Waals surface area (Å²) in [7, 11) is 0. The van der Waals surface area contributed by atoms with Gasteiger partial charge in [-0.1, -0.05) is 12.1 Å². The first kappa shape index (κ1) is 11.9. The lowest BCUT2D eigenvalue weighted by atomic mass is 10.2. The van der Waals surface area contributed by atoms with Gasteiger partial charge in [0.25, 0.3) is 0 Å². The van der Waals surface area contributed by atoms with E-state index in [0.717, 1.165) is 25.4 Å². The summed E-state index contributed by atoms with van der Waals surface area (Å²) in [4.78, 5) is 13.3. The second kappa shape index (κ2) is 5.68. The number of nitrogens with one attached hydrogen (secondary N) is 1. The molecule has 0 unspecified atom stereocenters. The zero-order valence-electron chi connectivity index (χ0n) is 10.1. The lowest BCUT2D eigenvalue weighted by molar-refractivity contribution is -0.124. The number of benzene rings is 1. The van der Waals surface area contributed by atoms with Crippen LogP contribution in [0.15, 0.2) is 24.3 Å². The quantitative estimate of drug-likeness (QED) is 0.838. The zero-order chi connectivity index (χ0) is 12.1. The molecule has 1 saturated heterocycles. The van der Waals surface area contributed by atoms with Crippen LogP contribution in [-0.2, 0) is 4.79 Å². The maximum Gasteiger partial charge on any atom is 0.234 e. The van der Waals surface area contributed by atoms with Crippen molar-refractivity contribution < 1.29 is 9.53 Å². The van der Waals surface area contributed by atoms with E-state index in [2.05, 4.69) is 10.2 Å². The van der Waals surface area contributed by atoms with Crippen molar-refractivity contribution in [3.63, 3.8) is 0 Å². The van der Waals surface area contributed by atoms with E-state index < -0.39 is 0 Å². The Morgan fingerprint density at radius 3 is 3.12 bits per heavy atom. The molecule has 1 heterocycles. The van der Waals surface area contributed by atoms with Crippen molar-refractivity contribution in [3.05, 3.63) is 29.8 Å². The molecular weight excluding hydrogens is 216 g/mol. The number of hydrogen-bond acceptors (Lipinski definition) is 3. The molecule has 1 aromatic rings. The molecule has 0 saturated carbocycles. The average Bonchev–Trinajstić information content (AvgIpc) is 2.29. The van der Waals surface area contributed by atoms with Gasteiger partial charge in [-0.15, -0.1) is 0 Å².